The molecule has 0 unspecified atom stereocenters. The summed E-state index contributed by atoms with van der Waals surface area (Å²) in [7, 11) is 6.80. The first-order valence-corrected chi connectivity index (χ1v) is 12.0. The number of fused-ring (bicyclic) bond motifs is 1. The maximum Gasteiger partial charge on any atom is 0.275 e. The van der Waals surface area contributed by atoms with Crippen molar-refractivity contribution in [2.75, 3.05) is 32.1 Å². The van der Waals surface area contributed by atoms with E-state index in [1.54, 1.807) is 38.0 Å². The molecule has 4 aromatic rings. The summed E-state index contributed by atoms with van der Waals surface area (Å²) in [5.74, 6) is 0.0521. The third kappa shape index (κ3) is 4.08. The minimum Gasteiger partial charge on any atom is -0.364 e. The van der Waals surface area contributed by atoms with Crippen molar-refractivity contribution >= 4 is 28.3 Å². The van der Waals surface area contributed by atoms with Gasteiger partial charge in [-0.2, -0.15) is 0 Å². The van der Waals surface area contributed by atoms with Crippen LogP contribution >= 0.6 is 0 Å². The molecule has 4 heterocycles. The van der Waals surface area contributed by atoms with Gasteiger partial charge in [-0.25, -0.2) is 0 Å². The molecule has 0 saturated carbocycles. The number of Topliss-reactive ketones (excluding diaryl/α,β-unsaturated/α-hetero) is 1. The first-order chi connectivity index (χ1) is 17.2. The van der Waals surface area contributed by atoms with Gasteiger partial charge in [-0.15, -0.1) is 0 Å². The van der Waals surface area contributed by atoms with Crippen LogP contribution in [0.1, 0.15) is 23.3 Å². The number of piperidine rings is 1. The van der Waals surface area contributed by atoms with E-state index >= 15 is 0 Å². The minimum absolute atomic E-state index is 0.220. The molecule has 3 aromatic heterocycles. The number of hydrogen-bond acceptors (Lipinski definition) is 5. The number of carbonyl (C=O) groups is 2. The molecule has 184 valence electrons. The van der Waals surface area contributed by atoms with Crippen LogP contribution in [0.5, 0.6) is 0 Å². The van der Waals surface area contributed by atoms with E-state index in [1.807, 2.05) is 49.8 Å². The maximum absolute atomic E-state index is 13.1. The first kappa shape index (κ1) is 23.5. The molecule has 0 N–H and O–H groups in total. The molecule has 1 aliphatic rings. The lowest BCUT2D eigenvalue weighted by molar-refractivity contribution is -0.118. The number of nitrogens with zero attached hydrogens (tertiary/aromatic N) is 5. The van der Waals surface area contributed by atoms with Gasteiger partial charge in [0.1, 0.15) is 11.2 Å². The predicted octanol–water partition coefficient (Wildman–Crippen LogP) is 3.48. The quantitative estimate of drug-likeness (QED) is 0.444. The highest BCUT2D eigenvalue weighted by atomic mass is 16.2. The van der Waals surface area contributed by atoms with Crippen LogP contribution < -0.4 is 10.5 Å². The van der Waals surface area contributed by atoms with Crippen LogP contribution in [0.15, 0.2) is 59.8 Å². The van der Waals surface area contributed by atoms with Crippen LogP contribution in [0, 0.1) is 0 Å². The normalized spacial score (nSPS) is 13.9. The van der Waals surface area contributed by atoms with Crippen molar-refractivity contribution in [3.05, 3.63) is 71.0 Å². The topological polar surface area (TPSA) is 80.4 Å². The largest absolute Gasteiger partial charge is 0.364 e. The fourth-order valence-corrected chi connectivity index (χ4v) is 4.89. The van der Waals surface area contributed by atoms with Crippen molar-refractivity contribution < 1.29 is 9.59 Å². The Morgan fingerprint density at radius 1 is 0.972 bits per heavy atom. The van der Waals surface area contributed by atoms with E-state index in [9.17, 15) is 14.4 Å². The number of aryl methyl sites for hydroxylation is 1. The lowest BCUT2D eigenvalue weighted by Gasteiger charge is -2.28. The zero-order valence-corrected chi connectivity index (χ0v) is 21.0. The molecule has 1 fully saturated rings. The Balaban J connectivity index is 1.55. The van der Waals surface area contributed by atoms with E-state index in [2.05, 4.69) is 9.88 Å². The summed E-state index contributed by atoms with van der Waals surface area (Å²) in [4.78, 5) is 45.8. The summed E-state index contributed by atoms with van der Waals surface area (Å²) in [6.45, 7) is 1.36. The monoisotopic (exact) mass is 483 g/mol. The number of hydrogen-bond donors (Lipinski definition) is 0. The molecule has 1 amide bonds. The second kappa shape index (κ2) is 9.11. The summed E-state index contributed by atoms with van der Waals surface area (Å²) in [6.07, 6.45) is 7.05. The Kier molecular flexibility index (Phi) is 5.96. The Morgan fingerprint density at radius 3 is 2.39 bits per heavy atom. The highest BCUT2D eigenvalue weighted by molar-refractivity contribution is 6.01. The van der Waals surface area contributed by atoms with E-state index in [1.165, 1.54) is 9.47 Å². The van der Waals surface area contributed by atoms with E-state index in [4.69, 9.17) is 0 Å². The van der Waals surface area contributed by atoms with Crippen LogP contribution in [0.3, 0.4) is 0 Å². The van der Waals surface area contributed by atoms with Gasteiger partial charge in [-0.3, -0.25) is 19.4 Å². The third-order valence-electron chi connectivity index (χ3n) is 6.86. The van der Waals surface area contributed by atoms with Crippen molar-refractivity contribution in [3.8, 4) is 22.3 Å². The van der Waals surface area contributed by atoms with Gasteiger partial charge in [-0.1, -0.05) is 12.1 Å². The molecule has 0 radical (unpaired) electrons. The minimum atomic E-state index is -0.228. The summed E-state index contributed by atoms with van der Waals surface area (Å²) >= 11 is 0. The summed E-state index contributed by atoms with van der Waals surface area (Å²) in [5, 5.41) is 0.717. The molecule has 0 atom stereocenters. The number of carbonyl (C=O) groups excluding carboxylic acids is 2. The van der Waals surface area contributed by atoms with Crippen molar-refractivity contribution in [1.29, 1.82) is 0 Å². The molecule has 1 aromatic carbocycles. The molecular weight excluding hydrogens is 454 g/mol. The second-order valence-corrected chi connectivity index (χ2v) is 9.58. The zero-order chi connectivity index (χ0) is 25.6. The SMILES string of the molecule is CN(C)C(=O)c1cc2c(-c3cncc(-c4ccc(N5CCCC(=O)C5)cc4)c3)cn(C)c2c(=O)n1C. The zero-order valence-electron chi connectivity index (χ0n) is 21.0. The molecule has 5 rings (SSSR count). The predicted molar refractivity (Wildman–Crippen MR) is 141 cm³/mol. The number of amides is 1. The summed E-state index contributed by atoms with van der Waals surface area (Å²) in [5.41, 5.74) is 5.35. The Labute approximate surface area is 209 Å². The third-order valence-corrected chi connectivity index (χ3v) is 6.86. The number of pyridine rings is 2. The van der Waals surface area contributed by atoms with Crippen molar-refractivity contribution in [2.24, 2.45) is 14.1 Å². The van der Waals surface area contributed by atoms with E-state index in [0.29, 0.717) is 24.2 Å². The van der Waals surface area contributed by atoms with Gasteiger partial charge in [-0.05, 0) is 36.2 Å². The highest BCUT2D eigenvalue weighted by Gasteiger charge is 2.20. The lowest BCUT2D eigenvalue weighted by atomic mass is 10.0. The molecule has 36 heavy (non-hydrogen) atoms. The van der Waals surface area contributed by atoms with Gasteiger partial charge < -0.3 is 18.9 Å². The van der Waals surface area contributed by atoms with E-state index in [-0.39, 0.29) is 17.2 Å². The van der Waals surface area contributed by atoms with Crippen LogP contribution in [0.4, 0.5) is 5.69 Å². The number of anilines is 1. The number of rotatable bonds is 4. The second-order valence-electron chi connectivity index (χ2n) is 9.58. The number of benzene rings is 1. The Bertz CT molecular complexity index is 1550. The van der Waals surface area contributed by atoms with Gasteiger partial charge in [0.15, 0.2) is 5.78 Å². The molecule has 8 nitrogen and oxygen atoms in total. The van der Waals surface area contributed by atoms with Crippen molar-refractivity contribution in [2.45, 2.75) is 12.8 Å². The van der Waals surface area contributed by atoms with E-state index < -0.39 is 0 Å². The molecular formula is C28H29N5O3. The van der Waals surface area contributed by atoms with E-state index in [0.717, 1.165) is 46.3 Å². The summed E-state index contributed by atoms with van der Waals surface area (Å²) < 4.78 is 3.21. The molecule has 1 aliphatic heterocycles. The lowest BCUT2D eigenvalue weighted by Crippen LogP contribution is -2.35. The van der Waals surface area contributed by atoms with Gasteiger partial charge in [0.2, 0.25) is 0 Å². The van der Waals surface area contributed by atoms with Crippen LogP contribution in [-0.4, -0.2) is 57.9 Å². The number of ketones is 1. The van der Waals surface area contributed by atoms with Gasteiger partial charge in [0.05, 0.1) is 6.54 Å². The van der Waals surface area contributed by atoms with Crippen molar-refractivity contribution in [1.82, 2.24) is 19.0 Å². The average molecular weight is 484 g/mol. The molecule has 1 saturated heterocycles. The van der Waals surface area contributed by atoms with Gasteiger partial charge in [0, 0.05) is 87.5 Å². The standard InChI is InChI=1S/C28H29N5O3/c1-30(2)27(35)25-13-23-24(17-31(3)26(23)28(36)32(25)4)20-12-19(14-29-15-20)18-7-9-21(10-8-18)33-11-5-6-22(34)16-33/h7-10,12-15,17H,5-6,11,16H2,1-4H3. The molecule has 0 spiro atoms. The average Bonchev–Trinajstić information content (AvgIpc) is 3.22. The van der Waals surface area contributed by atoms with Crippen LogP contribution in [0.25, 0.3) is 33.2 Å². The first-order valence-electron chi connectivity index (χ1n) is 12.0. The summed E-state index contributed by atoms with van der Waals surface area (Å²) in [6, 6.07) is 12.0. The fraction of sp³-hybridized carbons (Fsp3) is 0.286. The van der Waals surface area contributed by atoms with Gasteiger partial charge >= 0.3 is 0 Å². The molecule has 0 bridgehead atoms. The van der Waals surface area contributed by atoms with Crippen molar-refractivity contribution in [3.63, 3.8) is 0 Å². The van der Waals surface area contributed by atoms with Gasteiger partial charge in [0.25, 0.3) is 11.5 Å². The Hall–Kier alpha value is -4.20. The smallest absolute Gasteiger partial charge is 0.275 e. The number of aromatic nitrogens is 3. The van der Waals surface area contributed by atoms with Crippen LogP contribution in [-0.2, 0) is 18.9 Å². The Morgan fingerprint density at radius 2 is 1.69 bits per heavy atom. The van der Waals surface area contributed by atoms with Crippen LogP contribution in [0.2, 0.25) is 0 Å². The molecule has 8 heteroatoms. The highest BCUT2D eigenvalue weighted by Crippen LogP contribution is 2.32. The fourth-order valence-electron chi connectivity index (χ4n) is 4.89. The molecule has 0 aliphatic carbocycles. The maximum atomic E-state index is 13.1.